The molecule has 0 saturated carbocycles. The molecule has 17 N–H and O–H groups in total. The first-order valence-corrected chi connectivity index (χ1v) is 17.6. The highest BCUT2D eigenvalue weighted by atomic mass is 16.8. The van der Waals surface area contributed by atoms with E-state index in [1.165, 1.54) is 0 Å². The zero-order valence-electron chi connectivity index (χ0n) is 29.3. The van der Waals surface area contributed by atoms with Crippen LogP contribution in [0.5, 0.6) is 0 Å². The molecule has 26 nitrogen and oxygen atoms in total. The van der Waals surface area contributed by atoms with Crippen LogP contribution in [0.4, 0.5) is 0 Å². The van der Waals surface area contributed by atoms with Gasteiger partial charge in [-0.25, -0.2) is 0 Å². The molecule has 5 saturated heterocycles. The second kappa shape index (κ2) is 19.1. The summed E-state index contributed by atoms with van der Waals surface area (Å²) in [7, 11) is 0. The predicted octanol–water partition coefficient (Wildman–Crippen LogP) is -11.9. The van der Waals surface area contributed by atoms with E-state index in [-0.39, 0.29) is 0 Å². The maximum absolute atomic E-state index is 11.5. The summed E-state index contributed by atoms with van der Waals surface area (Å²) in [6.45, 7) is -5.94. The molecule has 0 aromatic heterocycles. The topological polar surface area (TPSA) is 427 Å². The van der Waals surface area contributed by atoms with Crippen LogP contribution in [0, 0.1) is 0 Å². The van der Waals surface area contributed by atoms with E-state index in [1.807, 2.05) is 0 Å². The van der Waals surface area contributed by atoms with Gasteiger partial charge in [-0.05, 0) is 0 Å². The van der Waals surface area contributed by atoms with Crippen molar-refractivity contribution >= 4 is 0 Å². The van der Waals surface area contributed by atoms with Crippen molar-refractivity contribution in [1.29, 1.82) is 0 Å². The van der Waals surface area contributed by atoms with Crippen LogP contribution in [0.2, 0.25) is 0 Å². The minimum Gasteiger partial charge on any atom is -0.394 e. The molecule has 0 spiro atoms. The molecule has 26 heteroatoms. The van der Waals surface area contributed by atoms with Gasteiger partial charge in [-0.3, -0.25) is 0 Å². The zero-order chi connectivity index (χ0) is 41.4. The number of aliphatic hydroxyl groups excluding tert-OH is 17. The van der Waals surface area contributed by atoms with Crippen molar-refractivity contribution in [2.24, 2.45) is 0 Å². The Hall–Kier alpha value is -1.04. The summed E-state index contributed by atoms with van der Waals surface area (Å²) in [6.07, 6.45) is -43.7. The van der Waals surface area contributed by atoms with Gasteiger partial charge in [-0.15, -0.1) is 0 Å². The lowest BCUT2D eigenvalue weighted by Gasteiger charge is -2.49. The monoisotopic (exact) mass is 828 g/mol. The summed E-state index contributed by atoms with van der Waals surface area (Å²) >= 11 is 0. The van der Waals surface area contributed by atoms with Crippen LogP contribution in [0.15, 0.2) is 0 Å². The van der Waals surface area contributed by atoms with Crippen molar-refractivity contribution in [1.82, 2.24) is 0 Å². The fourth-order valence-electron chi connectivity index (χ4n) is 7.08. The lowest BCUT2D eigenvalue weighted by atomic mass is 9.96. The normalized spacial score (nSPS) is 53.0. The third kappa shape index (κ3) is 8.73. The van der Waals surface area contributed by atoms with E-state index in [4.69, 9.17) is 42.6 Å². The van der Waals surface area contributed by atoms with Gasteiger partial charge in [-0.1, -0.05) is 0 Å². The van der Waals surface area contributed by atoms with Gasteiger partial charge in [0.25, 0.3) is 0 Å². The zero-order valence-corrected chi connectivity index (χ0v) is 29.3. The fourth-order valence-corrected chi connectivity index (χ4v) is 7.08. The molecule has 0 aromatic rings. The maximum atomic E-state index is 11.5. The van der Waals surface area contributed by atoms with Gasteiger partial charge in [0.15, 0.2) is 25.2 Å². The number of hydrogen-bond acceptors (Lipinski definition) is 26. The second-order valence-corrected chi connectivity index (χ2v) is 14.0. The summed E-state index contributed by atoms with van der Waals surface area (Å²) in [5.74, 6) is -2.68. The quantitative estimate of drug-likeness (QED) is 0.0773. The molecule has 328 valence electrons. The average molecular weight is 829 g/mol. The number of ether oxygens (including phenoxy) is 9. The summed E-state index contributed by atoms with van der Waals surface area (Å²) < 4.78 is 49.8. The van der Waals surface area contributed by atoms with Crippen LogP contribution in [0.3, 0.4) is 0 Å². The highest BCUT2D eigenvalue weighted by Gasteiger charge is 2.62. The molecule has 56 heavy (non-hydrogen) atoms. The van der Waals surface area contributed by atoms with Gasteiger partial charge in [0.2, 0.25) is 5.79 Å². The Morgan fingerprint density at radius 1 is 0.357 bits per heavy atom. The average Bonchev–Trinajstić information content (AvgIpc) is 3.46. The van der Waals surface area contributed by atoms with Gasteiger partial charge >= 0.3 is 0 Å². The van der Waals surface area contributed by atoms with Crippen molar-refractivity contribution in [3.05, 3.63) is 0 Å². The number of hydrogen-bond donors (Lipinski definition) is 17. The van der Waals surface area contributed by atoms with E-state index >= 15 is 0 Å². The van der Waals surface area contributed by atoms with Gasteiger partial charge < -0.3 is 129 Å². The van der Waals surface area contributed by atoms with Gasteiger partial charge in [0.05, 0.1) is 33.0 Å². The largest absolute Gasteiger partial charge is 0.394 e. The van der Waals surface area contributed by atoms with Crippen molar-refractivity contribution in [2.75, 3.05) is 39.6 Å². The molecule has 5 aliphatic heterocycles. The standard InChI is InChI=1S/C30H52O26/c31-1-7-12(37)17(42)19(44)26(48-7)52-23-14(39)9(3-33)50-28(21(23)46)53-24-15(40)10(4-34)51-29(22(24)47)56-30(6-36)25(16(41)11(5-35)55-30)54-27-20(45)18(43)13(38)8(2-32)49-27/h7-29,31-47H,1-6H2/t7-,8-,9-,10-,11-,12-,13-,14-,15-,16-,17+,18+,19-,20-,21-,22-,23+,24+,25+,26+,27-,28+,29-,30+/m1/s1. The molecule has 0 radical (unpaired) electrons. The van der Waals surface area contributed by atoms with Crippen molar-refractivity contribution in [3.63, 3.8) is 0 Å². The van der Waals surface area contributed by atoms with E-state index in [0.29, 0.717) is 0 Å². The van der Waals surface area contributed by atoms with Crippen LogP contribution >= 0.6 is 0 Å². The van der Waals surface area contributed by atoms with Crippen LogP contribution < -0.4 is 0 Å². The predicted molar refractivity (Wildman–Crippen MR) is 167 cm³/mol. The molecule has 24 atom stereocenters. The Labute approximate surface area is 316 Å². The van der Waals surface area contributed by atoms with E-state index in [1.54, 1.807) is 0 Å². The SMILES string of the molecule is OC[C@H]1O[C@@](CO)(O[C@H]2O[C@H](CO)[C@@H](O)[C@H](O[C@@H]3O[C@H](CO)[C@@H](O)[C@H](O[C@@H]4O[C@H](CO)[C@@H](O)[C@H](O)[C@H]4O)[C@H]3O)[C@H]2O)[C@@H](O[C@H]2O[C@H](CO)[C@@H](O)[C@H](O)[C@H]2O)[C@@H]1O. The van der Waals surface area contributed by atoms with E-state index in [0.717, 1.165) is 0 Å². The van der Waals surface area contributed by atoms with Crippen molar-refractivity contribution in [2.45, 2.75) is 147 Å². The Morgan fingerprint density at radius 2 is 0.714 bits per heavy atom. The molecular weight excluding hydrogens is 776 g/mol. The highest BCUT2D eigenvalue weighted by Crippen LogP contribution is 2.40. The minimum absolute atomic E-state index is 0.855. The lowest BCUT2D eigenvalue weighted by Crippen LogP contribution is -2.67. The smallest absolute Gasteiger partial charge is 0.224 e. The summed E-state index contributed by atoms with van der Waals surface area (Å²) in [4.78, 5) is 0. The van der Waals surface area contributed by atoms with Gasteiger partial charge in [-0.2, -0.15) is 0 Å². The third-order valence-corrected chi connectivity index (χ3v) is 10.4. The van der Waals surface area contributed by atoms with Crippen LogP contribution in [0.25, 0.3) is 0 Å². The summed E-state index contributed by atoms with van der Waals surface area (Å²) in [6, 6.07) is 0. The molecule has 0 aliphatic carbocycles. The molecule has 5 aliphatic rings. The Balaban J connectivity index is 1.38. The summed E-state index contributed by atoms with van der Waals surface area (Å²) in [5.41, 5.74) is 0. The second-order valence-electron chi connectivity index (χ2n) is 14.0. The first kappa shape index (κ1) is 46.0. The maximum Gasteiger partial charge on any atom is 0.224 e. The molecule has 0 bridgehead atoms. The van der Waals surface area contributed by atoms with Crippen molar-refractivity contribution < 1.29 is 129 Å². The van der Waals surface area contributed by atoms with Crippen LogP contribution in [0.1, 0.15) is 0 Å². The Morgan fingerprint density at radius 3 is 1.12 bits per heavy atom. The van der Waals surface area contributed by atoms with E-state index in [2.05, 4.69) is 0 Å². The molecule has 0 unspecified atom stereocenters. The molecule has 0 aromatic carbocycles. The third-order valence-electron chi connectivity index (χ3n) is 10.4. The van der Waals surface area contributed by atoms with Crippen LogP contribution in [-0.2, 0) is 42.6 Å². The van der Waals surface area contributed by atoms with Crippen molar-refractivity contribution in [3.8, 4) is 0 Å². The van der Waals surface area contributed by atoms with Crippen LogP contribution in [-0.4, -0.2) is 273 Å². The summed E-state index contributed by atoms with van der Waals surface area (Å²) in [5, 5.41) is 177. The van der Waals surface area contributed by atoms with Gasteiger partial charge in [0, 0.05) is 0 Å². The Kier molecular flexibility index (Phi) is 15.7. The molecule has 5 heterocycles. The van der Waals surface area contributed by atoms with E-state index < -0.39 is 187 Å². The molecule has 5 rings (SSSR count). The van der Waals surface area contributed by atoms with Gasteiger partial charge in [0.1, 0.15) is 123 Å². The lowest BCUT2D eigenvalue weighted by molar-refractivity contribution is -0.413. The molecule has 5 fully saturated rings. The first-order chi connectivity index (χ1) is 26.5. The Bertz CT molecular complexity index is 1220. The molecular formula is C30H52O26. The number of aliphatic hydroxyl groups is 17. The number of rotatable bonds is 14. The minimum atomic E-state index is -2.68. The fraction of sp³-hybridized carbons (Fsp3) is 1.00. The highest BCUT2D eigenvalue weighted by molar-refractivity contribution is 5.02. The van der Waals surface area contributed by atoms with E-state index in [9.17, 15) is 86.8 Å². The molecule has 0 amide bonds. The first-order valence-electron chi connectivity index (χ1n) is 17.6.